The zero-order valence-corrected chi connectivity index (χ0v) is 15.9. The molecule has 0 saturated carbocycles. The second-order valence-corrected chi connectivity index (χ2v) is 7.49. The first-order valence-corrected chi connectivity index (χ1v) is 9.76. The van der Waals surface area contributed by atoms with Crippen molar-refractivity contribution in [3.05, 3.63) is 77.2 Å². The average Bonchev–Trinajstić information content (AvgIpc) is 3.12. The first-order chi connectivity index (χ1) is 13.7. The molecule has 5 heteroatoms. The summed E-state index contributed by atoms with van der Waals surface area (Å²) in [4.78, 5) is 19.3. The fourth-order valence-electron chi connectivity index (χ4n) is 4.18. The van der Waals surface area contributed by atoms with Gasteiger partial charge in [-0.15, -0.1) is 0 Å². The number of aryl methyl sites for hydroxylation is 2. The van der Waals surface area contributed by atoms with Crippen molar-refractivity contribution >= 4 is 22.3 Å². The van der Waals surface area contributed by atoms with E-state index in [1.165, 1.54) is 22.0 Å². The van der Waals surface area contributed by atoms with Crippen molar-refractivity contribution in [3.63, 3.8) is 0 Å². The Labute approximate surface area is 163 Å². The molecule has 0 atom stereocenters. The van der Waals surface area contributed by atoms with Crippen LogP contribution in [0.5, 0.6) is 0 Å². The van der Waals surface area contributed by atoms with Gasteiger partial charge in [0, 0.05) is 43.8 Å². The molecule has 0 N–H and O–H groups in total. The molecule has 5 rings (SSSR count). The third-order valence-corrected chi connectivity index (χ3v) is 5.61. The lowest BCUT2D eigenvalue weighted by Crippen LogP contribution is -2.37. The van der Waals surface area contributed by atoms with Gasteiger partial charge in [0.05, 0.1) is 11.4 Å². The maximum atomic E-state index is 12.9. The van der Waals surface area contributed by atoms with Crippen LogP contribution in [0.3, 0.4) is 0 Å². The molecule has 28 heavy (non-hydrogen) atoms. The van der Waals surface area contributed by atoms with Crippen LogP contribution in [0.15, 0.2) is 54.7 Å². The van der Waals surface area contributed by atoms with Crippen LogP contribution in [0.4, 0.5) is 0 Å². The van der Waals surface area contributed by atoms with E-state index in [1.54, 1.807) is 0 Å². The van der Waals surface area contributed by atoms with Gasteiger partial charge >= 0.3 is 0 Å². The molecule has 4 aromatic rings. The van der Waals surface area contributed by atoms with Gasteiger partial charge < -0.3 is 4.90 Å². The van der Waals surface area contributed by atoms with Crippen LogP contribution in [-0.4, -0.2) is 31.9 Å². The standard InChI is InChI=1S/C23H22N4O/c1-16-13-22-24-14-19-15-26(12-11-21(19)27(22)25-16)23(28)10-9-18-7-4-6-17-5-2-3-8-20(17)18/h2-8,13-14H,9-12,15H2,1H3. The van der Waals surface area contributed by atoms with E-state index in [1.807, 2.05) is 28.6 Å². The number of amides is 1. The van der Waals surface area contributed by atoms with E-state index >= 15 is 0 Å². The van der Waals surface area contributed by atoms with Crippen LogP contribution in [0.25, 0.3) is 16.4 Å². The summed E-state index contributed by atoms with van der Waals surface area (Å²) in [5, 5.41) is 7.02. The van der Waals surface area contributed by atoms with Crippen molar-refractivity contribution in [1.82, 2.24) is 19.5 Å². The van der Waals surface area contributed by atoms with Crippen LogP contribution in [0, 0.1) is 6.92 Å². The van der Waals surface area contributed by atoms with Crippen LogP contribution in [0.2, 0.25) is 0 Å². The molecule has 1 aliphatic heterocycles. The Morgan fingerprint density at radius 3 is 2.93 bits per heavy atom. The monoisotopic (exact) mass is 370 g/mol. The quantitative estimate of drug-likeness (QED) is 0.552. The van der Waals surface area contributed by atoms with Crippen molar-refractivity contribution in [1.29, 1.82) is 0 Å². The molecule has 3 heterocycles. The molecule has 0 aliphatic carbocycles. The van der Waals surface area contributed by atoms with Crippen LogP contribution < -0.4 is 0 Å². The van der Waals surface area contributed by atoms with Crippen molar-refractivity contribution in [3.8, 4) is 0 Å². The topological polar surface area (TPSA) is 50.5 Å². The Kier molecular flexibility index (Phi) is 4.08. The second-order valence-electron chi connectivity index (χ2n) is 7.49. The van der Waals surface area contributed by atoms with Gasteiger partial charge in [-0.05, 0) is 29.7 Å². The highest BCUT2D eigenvalue weighted by molar-refractivity contribution is 5.86. The number of hydrogen-bond acceptors (Lipinski definition) is 3. The number of carbonyl (C=O) groups is 1. The Balaban J connectivity index is 1.32. The molecule has 0 spiro atoms. The lowest BCUT2D eigenvalue weighted by Gasteiger charge is -2.29. The largest absolute Gasteiger partial charge is 0.338 e. The van der Waals surface area contributed by atoms with Crippen molar-refractivity contribution in [2.24, 2.45) is 0 Å². The first kappa shape index (κ1) is 16.9. The highest BCUT2D eigenvalue weighted by atomic mass is 16.2. The van der Waals surface area contributed by atoms with E-state index in [0.29, 0.717) is 13.0 Å². The Hall–Kier alpha value is -3.21. The van der Waals surface area contributed by atoms with Gasteiger partial charge in [-0.1, -0.05) is 42.5 Å². The third-order valence-electron chi connectivity index (χ3n) is 5.61. The third kappa shape index (κ3) is 2.93. The lowest BCUT2D eigenvalue weighted by molar-refractivity contribution is -0.132. The summed E-state index contributed by atoms with van der Waals surface area (Å²) < 4.78 is 1.93. The zero-order chi connectivity index (χ0) is 19.1. The number of fused-ring (bicyclic) bond motifs is 4. The van der Waals surface area contributed by atoms with E-state index in [0.717, 1.165) is 36.3 Å². The van der Waals surface area contributed by atoms with Gasteiger partial charge in [0.25, 0.3) is 0 Å². The van der Waals surface area contributed by atoms with E-state index in [-0.39, 0.29) is 5.91 Å². The van der Waals surface area contributed by atoms with Crippen LogP contribution in [0.1, 0.15) is 28.9 Å². The van der Waals surface area contributed by atoms with Crippen LogP contribution >= 0.6 is 0 Å². The van der Waals surface area contributed by atoms with Gasteiger partial charge in [-0.3, -0.25) is 4.79 Å². The summed E-state index contributed by atoms with van der Waals surface area (Å²) >= 11 is 0. The maximum Gasteiger partial charge on any atom is 0.223 e. The molecular weight excluding hydrogens is 348 g/mol. The molecule has 5 nitrogen and oxygen atoms in total. The Morgan fingerprint density at radius 2 is 2.00 bits per heavy atom. The molecule has 2 aromatic carbocycles. The van der Waals surface area contributed by atoms with E-state index in [4.69, 9.17) is 0 Å². The smallest absolute Gasteiger partial charge is 0.223 e. The molecule has 0 radical (unpaired) electrons. The average molecular weight is 370 g/mol. The number of aromatic nitrogens is 3. The number of benzene rings is 2. The summed E-state index contributed by atoms with van der Waals surface area (Å²) in [7, 11) is 0. The Bertz CT molecular complexity index is 1190. The summed E-state index contributed by atoms with van der Waals surface area (Å²) in [6.07, 6.45) is 4.00. The van der Waals surface area contributed by atoms with Gasteiger partial charge in [-0.25, -0.2) is 9.50 Å². The first-order valence-electron chi connectivity index (χ1n) is 9.76. The zero-order valence-electron chi connectivity index (χ0n) is 15.9. The van der Waals surface area contributed by atoms with Crippen LogP contribution in [-0.2, 0) is 24.2 Å². The van der Waals surface area contributed by atoms with Crippen molar-refractivity contribution in [2.75, 3.05) is 6.54 Å². The fraction of sp³-hybridized carbons (Fsp3) is 0.261. The molecule has 0 fully saturated rings. The Morgan fingerprint density at radius 1 is 1.14 bits per heavy atom. The number of hydrogen-bond donors (Lipinski definition) is 0. The lowest BCUT2D eigenvalue weighted by atomic mass is 10.00. The van der Waals surface area contributed by atoms with Gasteiger partial charge in [0.1, 0.15) is 0 Å². The SMILES string of the molecule is Cc1cc2ncc3c(n2n1)CCN(C(=O)CCc1cccc2ccccc12)C3. The number of rotatable bonds is 3. The minimum absolute atomic E-state index is 0.204. The summed E-state index contributed by atoms with van der Waals surface area (Å²) in [6, 6.07) is 16.7. The highest BCUT2D eigenvalue weighted by Crippen LogP contribution is 2.23. The molecular formula is C23H22N4O. The minimum atomic E-state index is 0.204. The van der Waals surface area contributed by atoms with Crippen molar-refractivity contribution in [2.45, 2.75) is 32.7 Å². The van der Waals surface area contributed by atoms with E-state index < -0.39 is 0 Å². The predicted molar refractivity (Wildman–Crippen MR) is 109 cm³/mol. The normalized spacial score (nSPS) is 13.8. The van der Waals surface area contributed by atoms with E-state index in [9.17, 15) is 4.79 Å². The van der Waals surface area contributed by atoms with Crippen molar-refractivity contribution < 1.29 is 4.79 Å². The molecule has 140 valence electrons. The number of nitrogens with zero attached hydrogens (tertiary/aromatic N) is 4. The predicted octanol–water partition coefficient (Wildman–Crippen LogP) is 3.71. The minimum Gasteiger partial charge on any atom is -0.338 e. The summed E-state index contributed by atoms with van der Waals surface area (Å²) in [6.45, 7) is 3.33. The second kappa shape index (κ2) is 6.75. The fourth-order valence-corrected chi connectivity index (χ4v) is 4.18. The molecule has 1 amide bonds. The summed E-state index contributed by atoms with van der Waals surface area (Å²) in [5.74, 6) is 0.204. The molecule has 0 saturated heterocycles. The molecule has 0 bridgehead atoms. The van der Waals surface area contributed by atoms with E-state index in [2.05, 4.69) is 52.5 Å². The molecule has 0 unspecified atom stereocenters. The molecule has 2 aromatic heterocycles. The highest BCUT2D eigenvalue weighted by Gasteiger charge is 2.23. The van der Waals surface area contributed by atoms with Gasteiger partial charge in [0.15, 0.2) is 5.65 Å². The number of carbonyl (C=O) groups excluding carboxylic acids is 1. The van der Waals surface area contributed by atoms with Gasteiger partial charge in [-0.2, -0.15) is 5.10 Å². The summed E-state index contributed by atoms with van der Waals surface area (Å²) in [5.41, 5.74) is 5.36. The maximum absolute atomic E-state index is 12.9. The van der Waals surface area contributed by atoms with Gasteiger partial charge in [0.2, 0.25) is 5.91 Å². The molecule has 1 aliphatic rings.